The summed E-state index contributed by atoms with van der Waals surface area (Å²) in [4.78, 5) is 0. The molecule has 0 amide bonds. The fraction of sp³-hybridized carbons (Fsp3) is 0.415. The third-order valence-corrected chi connectivity index (χ3v) is 9.82. The topological polar surface area (TPSA) is 94.1 Å². The number of rotatable bonds is 13. The van der Waals surface area contributed by atoms with E-state index in [1.165, 1.54) is 12.7 Å². The molecule has 4 atom stereocenters. The van der Waals surface area contributed by atoms with E-state index in [1.54, 1.807) is 28.4 Å². The summed E-state index contributed by atoms with van der Waals surface area (Å²) < 4.78 is 48.4. The third kappa shape index (κ3) is 6.18. The van der Waals surface area contributed by atoms with Crippen LogP contribution in [0, 0.1) is 0 Å². The fourth-order valence-electron chi connectivity index (χ4n) is 7.23. The molecule has 50 heavy (non-hydrogen) atoms. The van der Waals surface area contributed by atoms with E-state index in [0.717, 1.165) is 65.0 Å². The van der Waals surface area contributed by atoms with E-state index < -0.39 is 0 Å². The first-order chi connectivity index (χ1) is 24.2. The van der Waals surface area contributed by atoms with Crippen molar-refractivity contribution in [1.29, 1.82) is 0 Å². The van der Waals surface area contributed by atoms with Gasteiger partial charge in [-0.1, -0.05) is 46.6 Å². The minimum Gasteiger partial charge on any atom is -0.502 e. The van der Waals surface area contributed by atoms with Gasteiger partial charge in [-0.15, -0.1) is 0 Å². The molecular formula is C41H48O9. The quantitative estimate of drug-likeness (QED) is 0.148. The molecule has 4 aromatic carbocycles. The molecule has 6 rings (SSSR count). The lowest BCUT2D eigenvalue weighted by Crippen LogP contribution is -2.09. The van der Waals surface area contributed by atoms with E-state index in [-0.39, 0.29) is 35.5 Å². The molecule has 0 fully saturated rings. The van der Waals surface area contributed by atoms with Gasteiger partial charge in [0.05, 0.1) is 35.5 Å². The highest BCUT2D eigenvalue weighted by Gasteiger charge is 2.40. The van der Waals surface area contributed by atoms with Gasteiger partial charge in [-0.2, -0.15) is 0 Å². The lowest BCUT2D eigenvalue weighted by atomic mass is 9.87. The first-order valence-electron chi connectivity index (χ1n) is 17.3. The van der Waals surface area contributed by atoms with Crippen LogP contribution in [0.4, 0.5) is 0 Å². The molecule has 9 heteroatoms. The number of hydrogen-bond acceptors (Lipinski definition) is 9. The van der Waals surface area contributed by atoms with Crippen molar-refractivity contribution in [2.45, 2.75) is 77.4 Å². The molecule has 4 unspecified atom stereocenters. The van der Waals surface area contributed by atoms with Crippen molar-refractivity contribution >= 4 is 0 Å². The molecule has 0 aromatic heterocycles. The van der Waals surface area contributed by atoms with Gasteiger partial charge >= 0.3 is 0 Å². The molecule has 0 aliphatic carbocycles. The maximum atomic E-state index is 10.9. The maximum absolute atomic E-state index is 10.9. The molecule has 2 heterocycles. The average Bonchev–Trinajstić information content (AvgIpc) is 3.64. The highest BCUT2D eigenvalue weighted by molar-refractivity contribution is 5.62. The summed E-state index contributed by atoms with van der Waals surface area (Å²) >= 11 is 0. The molecule has 4 aromatic rings. The Morgan fingerprint density at radius 2 is 0.960 bits per heavy atom. The molecule has 2 aliphatic rings. The Labute approximate surface area is 294 Å². The first-order valence-corrected chi connectivity index (χ1v) is 17.3. The summed E-state index contributed by atoms with van der Waals surface area (Å²) in [7, 11) is 8.02. The molecule has 2 aliphatic heterocycles. The maximum Gasteiger partial charge on any atom is 0.211 e. The Hall–Kier alpha value is -4.92. The Morgan fingerprint density at radius 1 is 0.540 bits per heavy atom. The Balaban J connectivity index is 1.33. The average molecular weight is 685 g/mol. The van der Waals surface area contributed by atoms with Crippen LogP contribution >= 0.6 is 0 Å². The van der Waals surface area contributed by atoms with Crippen molar-refractivity contribution in [2.75, 3.05) is 35.5 Å². The summed E-state index contributed by atoms with van der Waals surface area (Å²) in [5.74, 6) is 4.64. The second-order valence-electron chi connectivity index (χ2n) is 13.0. The van der Waals surface area contributed by atoms with Gasteiger partial charge in [0.2, 0.25) is 11.5 Å². The Morgan fingerprint density at radius 3 is 1.48 bits per heavy atom. The van der Waals surface area contributed by atoms with E-state index >= 15 is 0 Å². The predicted octanol–water partition coefficient (Wildman–Crippen LogP) is 9.61. The summed E-state index contributed by atoms with van der Waals surface area (Å²) in [6, 6.07) is 16.0. The summed E-state index contributed by atoms with van der Waals surface area (Å²) in [6.45, 7) is 8.61. The van der Waals surface area contributed by atoms with Crippen molar-refractivity contribution in [2.24, 2.45) is 0 Å². The molecule has 1 N–H and O–H groups in total. The van der Waals surface area contributed by atoms with Gasteiger partial charge in [-0.3, -0.25) is 0 Å². The van der Waals surface area contributed by atoms with Crippen LogP contribution in [0.15, 0.2) is 48.5 Å². The van der Waals surface area contributed by atoms with Crippen molar-refractivity contribution in [3.63, 3.8) is 0 Å². The number of phenols is 1. The van der Waals surface area contributed by atoms with E-state index in [2.05, 4.69) is 45.9 Å². The molecule has 9 nitrogen and oxygen atoms in total. The van der Waals surface area contributed by atoms with Crippen LogP contribution in [-0.4, -0.2) is 40.7 Å². The van der Waals surface area contributed by atoms with Gasteiger partial charge < -0.3 is 43.0 Å². The minimum atomic E-state index is -0.372. The molecule has 0 radical (unpaired) electrons. The fourth-order valence-corrected chi connectivity index (χ4v) is 7.23. The number of phenolic OH excluding ortho intramolecular Hbond substituents is 1. The minimum absolute atomic E-state index is 0.0520. The van der Waals surface area contributed by atoms with Crippen LogP contribution in [0.2, 0.25) is 0 Å². The molecule has 266 valence electrons. The zero-order valence-electron chi connectivity index (χ0n) is 30.5. The van der Waals surface area contributed by atoms with Gasteiger partial charge in [0.25, 0.3) is 0 Å². The lowest BCUT2D eigenvalue weighted by molar-refractivity contribution is 0.204. The SMILES string of the molecule is CCCc1cc(OC)c(O)c(Oc2c(OC)cc(C3Oc4c(OC)cc(C5Oc6c(OC)cc(CCC)cc6C5C)cc4C3C)cc2OC)c1. The van der Waals surface area contributed by atoms with E-state index in [4.69, 9.17) is 37.9 Å². The van der Waals surface area contributed by atoms with Crippen molar-refractivity contribution in [1.82, 2.24) is 0 Å². The normalized spacial score (nSPS) is 18.8. The van der Waals surface area contributed by atoms with Gasteiger partial charge in [-0.25, -0.2) is 0 Å². The lowest BCUT2D eigenvalue weighted by Gasteiger charge is -2.21. The van der Waals surface area contributed by atoms with Gasteiger partial charge in [0, 0.05) is 28.5 Å². The molecular weight excluding hydrogens is 636 g/mol. The monoisotopic (exact) mass is 684 g/mol. The highest BCUT2D eigenvalue weighted by Crippen LogP contribution is 2.56. The first kappa shape index (κ1) is 34.9. The van der Waals surface area contributed by atoms with Crippen molar-refractivity contribution in [3.05, 3.63) is 81.9 Å². The van der Waals surface area contributed by atoms with Gasteiger partial charge in [0.1, 0.15) is 12.2 Å². The Bertz CT molecular complexity index is 1840. The number of ether oxygens (including phenoxy) is 8. The molecule has 0 spiro atoms. The number of benzene rings is 4. The number of methoxy groups -OCH3 is 5. The van der Waals surface area contributed by atoms with E-state index in [9.17, 15) is 5.11 Å². The second-order valence-corrected chi connectivity index (χ2v) is 13.0. The van der Waals surface area contributed by atoms with Gasteiger partial charge in [-0.05, 0) is 72.0 Å². The molecule has 0 saturated carbocycles. The van der Waals surface area contributed by atoms with E-state index in [0.29, 0.717) is 34.5 Å². The highest BCUT2D eigenvalue weighted by atomic mass is 16.5. The summed E-state index contributed by atoms with van der Waals surface area (Å²) in [5.41, 5.74) is 6.26. The predicted molar refractivity (Wildman–Crippen MR) is 192 cm³/mol. The number of fused-ring (bicyclic) bond motifs is 2. The zero-order valence-corrected chi connectivity index (χ0v) is 30.5. The van der Waals surface area contributed by atoms with Crippen LogP contribution in [0.1, 0.15) is 98.0 Å². The molecule has 0 bridgehead atoms. The van der Waals surface area contributed by atoms with Crippen LogP contribution in [0.25, 0.3) is 0 Å². The number of aromatic hydroxyl groups is 1. The van der Waals surface area contributed by atoms with Gasteiger partial charge in [0.15, 0.2) is 46.0 Å². The van der Waals surface area contributed by atoms with Crippen LogP contribution in [0.3, 0.4) is 0 Å². The number of aryl methyl sites for hydroxylation is 2. The second kappa shape index (κ2) is 14.5. The smallest absolute Gasteiger partial charge is 0.211 e. The third-order valence-electron chi connectivity index (χ3n) is 9.82. The van der Waals surface area contributed by atoms with Crippen molar-refractivity contribution < 1.29 is 43.0 Å². The largest absolute Gasteiger partial charge is 0.502 e. The summed E-state index contributed by atoms with van der Waals surface area (Å²) in [5, 5.41) is 10.9. The summed E-state index contributed by atoms with van der Waals surface area (Å²) in [6.07, 6.45) is 3.18. The zero-order chi connectivity index (χ0) is 35.7. The standard InChI is InChI=1S/C41H48O9/c1-10-12-24-14-28-22(3)37(49-39(28)32(17-24)44-6)26-18-29-23(4)38(50-40(29)33(19-26)45-7)27-20-34(46-8)41(35(21-27)47-9)48-31-16-25(13-11-2)15-30(43-5)36(31)42/h14-23,37-38,42H,10-13H2,1-9H3. The van der Waals surface area contributed by atoms with Crippen LogP contribution < -0.4 is 37.9 Å². The molecule has 0 saturated heterocycles. The van der Waals surface area contributed by atoms with Crippen LogP contribution in [0.5, 0.6) is 57.5 Å². The number of hydrogen-bond donors (Lipinski definition) is 1. The van der Waals surface area contributed by atoms with Crippen molar-refractivity contribution in [3.8, 4) is 57.5 Å². The van der Waals surface area contributed by atoms with E-state index in [1.807, 2.05) is 30.3 Å². The van der Waals surface area contributed by atoms with Crippen LogP contribution in [-0.2, 0) is 12.8 Å². The Kier molecular flexibility index (Phi) is 10.1.